The lowest BCUT2D eigenvalue weighted by atomic mass is 10.1. The van der Waals surface area contributed by atoms with Gasteiger partial charge in [0.25, 0.3) is 5.56 Å². The van der Waals surface area contributed by atoms with Crippen LogP contribution in [-0.4, -0.2) is 40.0 Å². The van der Waals surface area contributed by atoms with Gasteiger partial charge in [-0.2, -0.15) is 0 Å². The largest absolute Gasteiger partial charge is 0.394 e. The molecular formula is C17H17NO5. The number of hydrogen-bond acceptors (Lipinski definition) is 5. The van der Waals surface area contributed by atoms with Gasteiger partial charge in [-0.25, -0.2) is 0 Å². The highest BCUT2D eigenvalue weighted by Gasteiger charge is 2.35. The van der Waals surface area contributed by atoms with Gasteiger partial charge in [-0.3, -0.25) is 4.79 Å². The summed E-state index contributed by atoms with van der Waals surface area (Å²) >= 11 is 0. The fourth-order valence-electron chi connectivity index (χ4n) is 2.63. The smallest absolute Gasteiger partial charge is 0.291 e. The first-order valence-corrected chi connectivity index (χ1v) is 7.32. The Hall–Kier alpha value is -2.33. The van der Waals surface area contributed by atoms with E-state index in [0.717, 1.165) is 10.1 Å². The van der Waals surface area contributed by atoms with Crippen molar-refractivity contribution in [3.63, 3.8) is 0 Å². The number of ether oxygens (including phenoxy) is 1. The van der Waals surface area contributed by atoms with Crippen LogP contribution in [0.25, 0.3) is 10.8 Å². The lowest BCUT2D eigenvalue weighted by molar-refractivity contribution is -0.147. The summed E-state index contributed by atoms with van der Waals surface area (Å²) in [4.78, 5) is 18.1. The quantitative estimate of drug-likeness (QED) is 0.795. The van der Waals surface area contributed by atoms with E-state index < -0.39 is 18.5 Å². The zero-order valence-corrected chi connectivity index (χ0v) is 12.6. The van der Waals surface area contributed by atoms with Crippen molar-refractivity contribution in [2.45, 2.75) is 31.8 Å². The van der Waals surface area contributed by atoms with Crippen molar-refractivity contribution in [2.24, 2.45) is 0 Å². The molecule has 0 amide bonds. The van der Waals surface area contributed by atoms with Crippen LogP contribution in [0.3, 0.4) is 0 Å². The molecule has 1 saturated heterocycles. The first kappa shape index (κ1) is 15.6. The second-order valence-corrected chi connectivity index (χ2v) is 5.29. The van der Waals surface area contributed by atoms with E-state index in [1.807, 2.05) is 12.1 Å². The number of aliphatic hydroxyl groups is 2. The van der Waals surface area contributed by atoms with Crippen LogP contribution in [0.15, 0.2) is 35.3 Å². The highest BCUT2D eigenvalue weighted by Crippen LogP contribution is 2.20. The Morgan fingerprint density at radius 2 is 2.13 bits per heavy atom. The van der Waals surface area contributed by atoms with Gasteiger partial charge in [0.1, 0.15) is 6.10 Å². The molecule has 6 heteroatoms. The van der Waals surface area contributed by atoms with Crippen molar-refractivity contribution in [1.29, 1.82) is 0 Å². The Kier molecular flexibility index (Phi) is 4.35. The van der Waals surface area contributed by atoms with Gasteiger partial charge >= 0.3 is 0 Å². The van der Waals surface area contributed by atoms with Crippen LogP contribution in [0.1, 0.15) is 18.9 Å². The fraction of sp³-hybridized carbons (Fsp3) is 0.353. The summed E-state index contributed by atoms with van der Waals surface area (Å²) in [6, 6.07) is 7.16. The molecule has 0 radical (unpaired) electrons. The molecule has 2 N–H and O–H groups in total. The third-order valence-electron chi connectivity index (χ3n) is 3.75. The van der Waals surface area contributed by atoms with Crippen molar-refractivity contribution >= 4 is 10.8 Å². The molecule has 1 aliphatic heterocycles. The van der Waals surface area contributed by atoms with E-state index in [1.54, 1.807) is 19.1 Å². The highest BCUT2D eigenvalue weighted by atomic mass is 16.8. The number of fused-ring (bicyclic) bond motifs is 1. The maximum atomic E-state index is 12.5. The van der Waals surface area contributed by atoms with Gasteiger partial charge < -0.3 is 19.8 Å². The summed E-state index contributed by atoms with van der Waals surface area (Å²) in [5.41, 5.74) is 0.341. The standard InChI is InChI=1S/C17H17NO5/c1-2-5-11-9-18(17(21)13-7-4-3-6-12(11)13)23-16-8-14(20)15(10-19)22-16/h3-4,6-7,9,14-16,19-20H,8,10H2,1H3/t14-,15+,16-/m0/s1. The monoisotopic (exact) mass is 315 g/mol. The number of benzene rings is 1. The fourth-order valence-corrected chi connectivity index (χ4v) is 2.63. The average Bonchev–Trinajstić information content (AvgIpc) is 2.91. The summed E-state index contributed by atoms with van der Waals surface area (Å²) in [5, 5.41) is 20.1. The van der Waals surface area contributed by atoms with Crippen LogP contribution in [-0.2, 0) is 4.74 Å². The molecule has 0 unspecified atom stereocenters. The van der Waals surface area contributed by atoms with Crippen LogP contribution in [0, 0.1) is 11.8 Å². The van der Waals surface area contributed by atoms with E-state index in [2.05, 4.69) is 11.8 Å². The molecule has 1 fully saturated rings. The normalized spacial score (nSPS) is 23.5. The molecule has 0 bridgehead atoms. The van der Waals surface area contributed by atoms with Crippen LogP contribution in [0.4, 0.5) is 0 Å². The number of hydrogen-bond donors (Lipinski definition) is 2. The third kappa shape index (κ3) is 2.94. The number of pyridine rings is 1. The Bertz CT molecular complexity index is 832. The van der Waals surface area contributed by atoms with Gasteiger partial charge in [0.15, 0.2) is 0 Å². The highest BCUT2D eigenvalue weighted by molar-refractivity contribution is 5.87. The Morgan fingerprint density at radius 3 is 2.78 bits per heavy atom. The molecule has 6 nitrogen and oxygen atoms in total. The van der Waals surface area contributed by atoms with Crippen LogP contribution < -0.4 is 10.4 Å². The number of rotatable bonds is 3. The summed E-state index contributed by atoms with van der Waals surface area (Å²) in [5.74, 6) is 5.77. The van der Waals surface area contributed by atoms with Crippen molar-refractivity contribution in [1.82, 2.24) is 4.73 Å². The third-order valence-corrected chi connectivity index (χ3v) is 3.75. The van der Waals surface area contributed by atoms with Crippen molar-refractivity contribution in [3.8, 4) is 11.8 Å². The summed E-state index contributed by atoms with van der Waals surface area (Å²) in [7, 11) is 0. The van der Waals surface area contributed by atoms with E-state index in [-0.39, 0.29) is 18.6 Å². The second-order valence-electron chi connectivity index (χ2n) is 5.29. The summed E-state index contributed by atoms with van der Waals surface area (Å²) in [6.45, 7) is 1.41. The van der Waals surface area contributed by atoms with Crippen LogP contribution in [0.2, 0.25) is 0 Å². The zero-order valence-electron chi connectivity index (χ0n) is 12.6. The van der Waals surface area contributed by atoms with Crippen molar-refractivity contribution in [2.75, 3.05) is 6.61 Å². The molecular weight excluding hydrogens is 298 g/mol. The molecule has 0 aliphatic carbocycles. The summed E-state index contributed by atoms with van der Waals surface area (Å²) in [6.07, 6.45) is -0.631. The second kappa shape index (κ2) is 6.42. The topological polar surface area (TPSA) is 80.9 Å². The van der Waals surface area contributed by atoms with E-state index in [4.69, 9.17) is 14.7 Å². The summed E-state index contributed by atoms with van der Waals surface area (Å²) < 4.78 is 6.46. The number of nitrogens with zero attached hydrogens (tertiary/aromatic N) is 1. The first-order valence-electron chi connectivity index (χ1n) is 7.32. The Labute approximate surface area is 132 Å². The molecule has 2 heterocycles. The maximum Gasteiger partial charge on any atom is 0.291 e. The van der Waals surface area contributed by atoms with E-state index >= 15 is 0 Å². The lowest BCUT2D eigenvalue weighted by Gasteiger charge is -2.16. The molecule has 1 aromatic carbocycles. The SMILES string of the molecule is CC#Cc1cn(O[C@H]2C[C@H](O)[C@@H](CO)O2)c(=O)c2ccccc12. The molecule has 1 aromatic heterocycles. The predicted molar refractivity (Wildman–Crippen MR) is 83.7 cm³/mol. The molecule has 23 heavy (non-hydrogen) atoms. The minimum absolute atomic E-state index is 0.180. The van der Waals surface area contributed by atoms with Crippen LogP contribution in [0.5, 0.6) is 0 Å². The van der Waals surface area contributed by atoms with E-state index in [0.29, 0.717) is 10.9 Å². The first-order chi connectivity index (χ1) is 11.1. The van der Waals surface area contributed by atoms with Gasteiger partial charge in [0.2, 0.25) is 6.29 Å². The number of aliphatic hydroxyl groups excluding tert-OH is 2. The molecule has 3 rings (SSSR count). The Balaban J connectivity index is 1.99. The van der Waals surface area contributed by atoms with Gasteiger partial charge in [0, 0.05) is 11.8 Å². The van der Waals surface area contributed by atoms with Gasteiger partial charge in [0.05, 0.1) is 29.9 Å². The van der Waals surface area contributed by atoms with Crippen molar-refractivity contribution in [3.05, 3.63) is 46.4 Å². The van der Waals surface area contributed by atoms with E-state index in [1.165, 1.54) is 6.20 Å². The predicted octanol–water partition coefficient (Wildman–Crippen LogP) is 0.270. The minimum Gasteiger partial charge on any atom is -0.394 e. The lowest BCUT2D eigenvalue weighted by Crippen LogP contribution is -2.34. The molecule has 2 aromatic rings. The Morgan fingerprint density at radius 1 is 1.39 bits per heavy atom. The van der Waals surface area contributed by atoms with Gasteiger partial charge in [-0.05, 0) is 13.0 Å². The average molecular weight is 315 g/mol. The zero-order chi connectivity index (χ0) is 16.4. The van der Waals surface area contributed by atoms with Crippen molar-refractivity contribution < 1.29 is 19.8 Å². The molecule has 3 atom stereocenters. The molecule has 1 aliphatic rings. The van der Waals surface area contributed by atoms with Crippen LogP contribution >= 0.6 is 0 Å². The van der Waals surface area contributed by atoms with Gasteiger partial charge in [-0.1, -0.05) is 24.1 Å². The van der Waals surface area contributed by atoms with E-state index in [9.17, 15) is 9.90 Å². The molecule has 0 spiro atoms. The molecule has 0 saturated carbocycles. The minimum atomic E-state index is -0.823. The molecule has 120 valence electrons. The van der Waals surface area contributed by atoms with Gasteiger partial charge in [-0.15, -0.1) is 10.7 Å². The maximum absolute atomic E-state index is 12.5. The number of aromatic nitrogens is 1.